The molecule has 232 valence electrons. The highest BCUT2D eigenvalue weighted by molar-refractivity contribution is 5.95. The lowest BCUT2D eigenvalue weighted by atomic mass is 9.84. The number of phenolic OH excluding ortho intramolecular Hbond substituents is 1. The summed E-state index contributed by atoms with van der Waals surface area (Å²) in [5.41, 5.74) is 12.9. The van der Waals surface area contributed by atoms with Gasteiger partial charge in [-0.05, 0) is 101 Å². The molecule has 6 rings (SSSR count). The van der Waals surface area contributed by atoms with E-state index in [-0.39, 0.29) is 16.6 Å². The molecule has 0 saturated carbocycles. The second-order valence-corrected chi connectivity index (χ2v) is 14.3. The maximum atomic E-state index is 10.6. The summed E-state index contributed by atoms with van der Waals surface area (Å²) in [6.45, 7) is 17.4. The highest BCUT2D eigenvalue weighted by atomic mass is 16.3. The zero-order chi connectivity index (χ0) is 32.8. The lowest BCUT2D eigenvalue weighted by Crippen LogP contribution is -2.11. The molecule has 1 heterocycles. The van der Waals surface area contributed by atoms with Crippen molar-refractivity contribution in [3.05, 3.63) is 125 Å². The first-order chi connectivity index (χ1) is 21.8. The van der Waals surface area contributed by atoms with Crippen molar-refractivity contribution >= 4 is 23.0 Å². The topological polar surface area (TPSA) is 58.6 Å². The molecule has 6 aromatic rings. The van der Waals surface area contributed by atoms with E-state index < -0.39 is 0 Å². The Balaban J connectivity index is 1.48. The maximum absolute atomic E-state index is 10.6. The van der Waals surface area contributed by atoms with Crippen LogP contribution in [0.3, 0.4) is 0 Å². The van der Waals surface area contributed by atoms with Crippen LogP contribution in [0.2, 0.25) is 0 Å². The zero-order valence-electron chi connectivity index (χ0n) is 28.1. The van der Waals surface area contributed by atoms with E-state index in [1.54, 1.807) is 12.3 Å². The smallest absolute Gasteiger partial charge is 0.229 e. The van der Waals surface area contributed by atoms with Gasteiger partial charge in [-0.15, -0.1) is 0 Å². The number of rotatable bonds is 5. The van der Waals surface area contributed by atoms with E-state index in [4.69, 9.17) is 14.4 Å². The van der Waals surface area contributed by atoms with Crippen LogP contribution in [0.4, 0.5) is 5.69 Å². The molecule has 0 aliphatic carbocycles. The quantitative estimate of drug-likeness (QED) is 0.199. The highest BCUT2D eigenvalue weighted by Gasteiger charge is 2.22. The van der Waals surface area contributed by atoms with Gasteiger partial charge in [0.2, 0.25) is 5.89 Å². The van der Waals surface area contributed by atoms with Crippen LogP contribution in [0.15, 0.2) is 106 Å². The molecular formula is C42H42N2O2. The van der Waals surface area contributed by atoms with E-state index in [1.807, 2.05) is 36.4 Å². The fourth-order valence-corrected chi connectivity index (χ4v) is 5.73. The normalized spacial score (nSPS) is 12.3. The number of aromatic nitrogens is 1. The minimum absolute atomic E-state index is 0.0472. The lowest BCUT2D eigenvalue weighted by molar-refractivity contribution is 0.473. The predicted molar refractivity (Wildman–Crippen MR) is 193 cm³/mol. The molecular weight excluding hydrogens is 564 g/mol. The minimum atomic E-state index is -0.0908. The fraction of sp³-hybridized carbons (Fsp3) is 0.238. The average Bonchev–Trinajstić information content (AvgIpc) is 3.45. The van der Waals surface area contributed by atoms with E-state index in [1.165, 1.54) is 27.8 Å². The van der Waals surface area contributed by atoms with Gasteiger partial charge in [0.1, 0.15) is 11.3 Å². The Hall–Kier alpha value is -4.96. The molecule has 46 heavy (non-hydrogen) atoms. The third-order valence-corrected chi connectivity index (χ3v) is 8.61. The van der Waals surface area contributed by atoms with Crippen molar-refractivity contribution in [3.8, 4) is 39.5 Å². The predicted octanol–water partition coefficient (Wildman–Crippen LogP) is 11.5. The van der Waals surface area contributed by atoms with Crippen molar-refractivity contribution in [1.82, 2.24) is 4.98 Å². The van der Waals surface area contributed by atoms with Crippen LogP contribution in [0.25, 0.3) is 44.8 Å². The Morgan fingerprint density at radius 3 is 2.13 bits per heavy atom. The Kier molecular flexibility index (Phi) is 7.93. The first kappa shape index (κ1) is 31.0. The Morgan fingerprint density at radius 1 is 0.674 bits per heavy atom. The van der Waals surface area contributed by atoms with Crippen LogP contribution in [-0.4, -0.2) is 16.3 Å². The van der Waals surface area contributed by atoms with Crippen LogP contribution in [0.1, 0.15) is 69.4 Å². The molecule has 4 nitrogen and oxygen atoms in total. The zero-order valence-corrected chi connectivity index (χ0v) is 28.1. The van der Waals surface area contributed by atoms with Gasteiger partial charge in [0.25, 0.3) is 0 Å². The van der Waals surface area contributed by atoms with Crippen molar-refractivity contribution < 1.29 is 9.52 Å². The number of phenols is 1. The first-order valence-electron chi connectivity index (χ1n) is 15.9. The van der Waals surface area contributed by atoms with Crippen molar-refractivity contribution in [2.75, 3.05) is 0 Å². The van der Waals surface area contributed by atoms with Gasteiger partial charge in [0.05, 0.1) is 11.3 Å². The number of para-hydroxylation sites is 1. The van der Waals surface area contributed by atoms with E-state index in [0.717, 1.165) is 33.4 Å². The minimum Gasteiger partial charge on any atom is -0.507 e. The summed E-state index contributed by atoms with van der Waals surface area (Å²) in [4.78, 5) is 9.93. The summed E-state index contributed by atoms with van der Waals surface area (Å²) in [6.07, 6.45) is 1.72. The summed E-state index contributed by atoms with van der Waals surface area (Å²) in [6, 6.07) is 33.2. The molecule has 0 aliphatic heterocycles. The molecule has 0 bridgehead atoms. The van der Waals surface area contributed by atoms with E-state index in [2.05, 4.69) is 110 Å². The van der Waals surface area contributed by atoms with Crippen LogP contribution < -0.4 is 0 Å². The summed E-state index contributed by atoms with van der Waals surface area (Å²) in [5, 5.41) is 10.6. The number of hydrogen-bond donors (Lipinski definition) is 1. The van der Waals surface area contributed by atoms with E-state index in [9.17, 15) is 5.11 Å². The molecule has 5 aromatic carbocycles. The number of nitrogens with zero attached hydrogens (tertiary/aromatic N) is 2. The average molecular weight is 607 g/mol. The second-order valence-electron chi connectivity index (χ2n) is 14.3. The van der Waals surface area contributed by atoms with Gasteiger partial charge < -0.3 is 9.52 Å². The van der Waals surface area contributed by atoms with E-state index >= 15 is 0 Å². The molecule has 0 saturated heterocycles. The molecule has 0 fully saturated rings. The fourth-order valence-electron chi connectivity index (χ4n) is 5.73. The SMILES string of the molecule is Cc1ccc(C)c(-c2cccc(-c3cc(C(C)(C)C)cc4oc(-c5ccccc5N=Cc5cc(C(C)(C)C)ccc5O)nc34)c2)c1. The van der Waals surface area contributed by atoms with Crippen molar-refractivity contribution in [3.63, 3.8) is 0 Å². The van der Waals surface area contributed by atoms with Gasteiger partial charge in [-0.1, -0.05) is 102 Å². The Morgan fingerprint density at radius 2 is 1.39 bits per heavy atom. The molecule has 0 aliphatic rings. The third-order valence-electron chi connectivity index (χ3n) is 8.61. The molecule has 0 atom stereocenters. The van der Waals surface area contributed by atoms with Crippen molar-refractivity contribution in [2.45, 2.75) is 66.2 Å². The van der Waals surface area contributed by atoms with Gasteiger partial charge >= 0.3 is 0 Å². The number of fused-ring (bicyclic) bond motifs is 1. The van der Waals surface area contributed by atoms with Crippen molar-refractivity contribution in [2.24, 2.45) is 4.99 Å². The highest BCUT2D eigenvalue weighted by Crippen LogP contribution is 2.40. The first-order valence-corrected chi connectivity index (χ1v) is 15.9. The molecule has 1 aromatic heterocycles. The molecule has 4 heteroatoms. The summed E-state index contributed by atoms with van der Waals surface area (Å²) in [5.74, 6) is 0.701. The monoisotopic (exact) mass is 606 g/mol. The number of hydrogen-bond acceptors (Lipinski definition) is 4. The molecule has 0 spiro atoms. The number of oxazole rings is 1. The molecule has 0 radical (unpaired) electrons. The summed E-state index contributed by atoms with van der Waals surface area (Å²) >= 11 is 0. The van der Waals surface area contributed by atoms with Crippen LogP contribution in [0.5, 0.6) is 5.75 Å². The van der Waals surface area contributed by atoms with Crippen LogP contribution >= 0.6 is 0 Å². The van der Waals surface area contributed by atoms with Crippen LogP contribution in [-0.2, 0) is 10.8 Å². The summed E-state index contributed by atoms with van der Waals surface area (Å²) < 4.78 is 6.55. The standard InChI is InChI=1S/C42H42N2O2/c1-26-16-17-27(2)34(20-26)28-12-11-13-29(21-28)35-23-32(42(6,7)8)24-38-39(35)44-40(46-38)33-14-9-10-15-36(33)43-25-30-22-31(41(3,4)5)18-19-37(30)45/h9-25,45H,1-8H3. The number of benzene rings is 5. The molecule has 0 amide bonds. The van der Waals surface area contributed by atoms with E-state index in [0.29, 0.717) is 17.1 Å². The van der Waals surface area contributed by atoms with Gasteiger partial charge in [0.15, 0.2) is 5.58 Å². The van der Waals surface area contributed by atoms with Crippen molar-refractivity contribution in [1.29, 1.82) is 0 Å². The molecule has 1 N–H and O–H groups in total. The number of aromatic hydroxyl groups is 1. The Bertz CT molecular complexity index is 2100. The molecule has 0 unspecified atom stereocenters. The largest absolute Gasteiger partial charge is 0.507 e. The van der Waals surface area contributed by atoms with Gasteiger partial charge in [-0.25, -0.2) is 4.98 Å². The number of aryl methyl sites for hydroxylation is 2. The third kappa shape index (κ3) is 6.25. The van der Waals surface area contributed by atoms with Gasteiger partial charge in [0, 0.05) is 17.3 Å². The van der Waals surface area contributed by atoms with Gasteiger partial charge in [-0.3, -0.25) is 4.99 Å². The Labute approximate surface area is 272 Å². The van der Waals surface area contributed by atoms with Crippen LogP contribution in [0, 0.1) is 13.8 Å². The second kappa shape index (κ2) is 11.8. The van der Waals surface area contributed by atoms with Gasteiger partial charge in [-0.2, -0.15) is 0 Å². The maximum Gasteiger partial charge on any atom is 0.229 e. The lowest BCUT2D eigenvalue weighted by Gasteiger charge is -2.20. The number of aliphatic imine (C=N–C) groups is 1. The summed E-state index contributed by atoms with van der Waals surface area (Å²) in [7, 11) is 0.